The molecule has 3 heteroatoms. The molecule has 6 aromatic rings. The van der Waals surface area contributed by atoms with E-state index in [4.69, 9.17) is 4.98 Å². The third kappa shape index (κ3) is 4.48. The Morgan fingerprint density at radius 3 is 1.69 bits per heavy atom. The Kier molecular flexibility index (Phi) is 6.52. The number of pyridine rings is 1. The first kappa shape index (κ1) is 25.3. The SMILES string of the molecule is c1ccc(-c2c3ccc(N4CCCCC4)cc3c(-c3ccc4ccccc4c3)c3ccc(N4CCCCC4)cc23)nc1. The molecule has 0 unspecified atom stereocenters. The summed E-state index contributed by atoms with van der Waals surface area (Å²) >= 11 is 0. The zero-order valence-electron chi connectivity index (χ0n) is 24.2. The molecule has 2 aliphatic heterocycles. The Balaban J connectivity index is 1.46. The Bertz CT molecular complexity index is 1900. The topological polar surface area (TPSA) is 19.4 Å². The van der Waals surface area contributed by atoms with Crippen LogP contribution in [0.15, 0.2) is 103 Å². The van der Waals surface area contributed by atoms with E-state index < -0.39 is 0 Å². The van der Waals surface area contributed by atoms with Crippen molar-refractivity contribution in [2.75, 3.05) is 36.0 Å². The molecule has 0 N–H and O–H groups in total. The summed E-state index contributed by atoms with van der Waals surface area (Å²) in [5.41, 5.74) is 7.55. The fourth-order valence-electron chi connectivity index (χ4n) is 7.34. The summed E-state index contributed by atoms with van der Waals surface area (Å²) in [4.78, 5) is 10.1. The summed E-state index contributed by atoms with van der Waals surface area (Å²) in [6.07, 6.45) is 9.67. The van der Waals surface area contributed by atoms with Gasteiger partial charge < -0.3 is 9.80 Å². The number of anilines is 2. The Labute approximate surface area is 248 Å². The van der Waals surface area contributed by atoms with Crippen LogP contribution in [-0.2, 0) is 0 Å². The summed E-state index contributed by atoms with van der Waals surface area (Å²) in [5, 5.41) is 7.74. The average Bonchev–Trinajstić information content (AvgIpc) is 3.07. The lowest BCUT2D eigenvalue weighted by Gasteiger charge is -2.30. The lowest BCUT2D eigenvalue weighted by Crippen LogP contribution is -2.29. The molecule has 0 bridgehead atoms. The first-order chi connectivity index (χ1) is 20.8. The molecule has 2 fully saturated rings. The van der Waals surface area contributed by atoms with Gasteiger partial charge in [0, 0.05) is 49.3 Å². The molecule has 3 nitrogen and oxygen atoms in total. The van der Waals surface area contributed by atoms with Crippen LogP contribution in [0, 0.1) is 0 Å². The van der Waals surface area contributed by atoms with E-state index in [1.54, 1.807) is 0 Å². The summed E-state index contributed by atoms with van der Waals surface area (Å²) in [6, 6.07) is 36.4. The van der Waals surface area contributed by atoms with E-state index in [0.717, 1.165) is 31.9 Å². The molecule has 0 saturated carbocycles. The average molecular weight is 548 g/mol. The fourth-order valence-corrected chi connectivity index (χ4v) is 7.34. The molecule has 5 aromatic carbocycles. The molecular weight excluding hydrogens is 510 g/mol. The fraction of sp³-hybridized carbons (Fsp3) is 0.256. The normalized spacial score (nSPS) is 16.0. The standard InChI is InChI=1S/C39H37N3/c1-7-21-41(22-8-1)31-17-19-34-35(26-31)38(30-15-14-28-11-3-4-12-29(28)25-30)33-18-16-32(42-23-9-2-10-24-42)27-36(33)39(34)37-13-5-6-20-40-37/h3-6,11-20,25-27H,1-2,7-10,21-24H2. The molecule has 0 atom stereocenters. The lowest BCUT2D eigenvalue weighted by molar-refractivity contribution is 0.578. The van der Waals surface area contributed by atoms with Crippen molar-refractivity contribution in [3.63, 3.8) is 0 Å². The number of hydrogen-bond donors (Lipinski definition) is 0. The van der Waals surface area contributed by atoms with Gasteiger partial charge in [0.2, 0.25) is 0 Å². The second kappa shape index (κ2) is 10.8. The minimum absolute atomic E-state index is 1.04. The van der Waals surface area contributed by atoms with Gasteiger partial charge in [-0.05, 0) is 124 Å². The van der Waals surface area contributed by atoms with Gasteiger partial charge in [0.25, 0.3) is 0 Å². The van der Waals surface area contributed by atoms with Gasteiger partial charge in [-0.2, -0.15) is 0 Å². The van der Waals surface area contributed by atoms with E-state index in [0.29, 0.717) is 0 Å². The molecule has 0 radical (unpaired) electrons. The summed E-state index contributed by atoms with van der Waals surface area (Å²) in [6.45, 7) is 4.54. The number of rotatable bonds is 4. The molecule has 2 saturated heterocycles. The zero-order chi connectivity index (χ0) is 27.9. The van der Waals surface area contributed by atoms with Gasteiger partial charge in [0.05, 0.1) is 5.69 Å². The van der Waals surface area contributed by atoms with Crippen molar-refractivity contribution in [2.45, 2.75) is 38.5 Å². The van der Waals surface area contributed by atoms with Crippen LogP contribution in [0.3, 0.4) is 0 Å². The van der Waals surface area contributed by atoms with Crippen LogP contribution in [0.2, 0.25) is 0 Å². The first-order valence-electron chi connectivity index (χ1n) is 15.8. The highest BCUT2D eigenvalue weighted by Crippen LogP contribution is 2.46. The maximum absolute atomic E-state index is 4.92. The number of hydrogen-bond acceptors (Lipinski definition) is 3. The predicted molar refractivity (Wildman–Crippen MR) is 180 cm³/mol. The van der Waals surface area contributed by atoms with Crippen LogP contribution in [0.1, 0.15) is 38.5 Å². The van der Waals surface area contributed by atoms with Gasteiger partial charge >= 0.3 is 0 Å². The second-order valence-electron chi connectivity index (χ2n) is 12.1. The molecule has 0 aliphatic carbocycles. The molecule has 1 aromatic heterocycles. The third-order valence-corrected chi connectivity index (χ3v) is 9.49. The van der Waals surface area contributed by atoms with Crippen molar-refractivity contribution in [3.05, 3.63) is 103 Å². The molecule has 208 valence electrons. The predicted octanol–water partition coefficient (Wildman–Crippen LogP) is 9.86. The maximum atomic E-state index is 4.92. The Hall–Kier alpha value is -4.37. The third-order valence-electron chi connectivity index (χ3n) is 9.49. The molecule has 3 heterocycles. The van der Waals surface area contributed by atoms with Crippen molar-refractivity contribution in [1.29, 1.82) is 0 Å². The van der Waals surface area contributed by atoms with E-state index in [9.17, 15) is 0 Å². The number of piperidine rings is 2. The van der Waals surface area contributed by atoms with Crippen molar-refractivity contribution < 1.29 is 0 Å². The summed E-state index contributed by atoms with van der Waals surface area (Å²) < 4.78 is 0. The lowest BCUT2D eigenvalue weighted by atomic mass is 9.86. The van der Waals surface area contributed by atoms with E-state index >= 15 is 0 Å². The van der Waals surface area contributed by atoms with Gasteiger partial charge in [-0.1, -0.05) is 54.6 Å². The van der Waals surface area contributed by atoms with E-state index in [1.165, 1.54) is 98.9 Å². The number of benzene rings is 5. The largest absolute Gasteiger partial charge is 0.372 e. The Morgan fingerprint density at radius 1 is 0.452 bits per heavy atom. The van der Waals surface area contributed by atoms with Gasteiger partial charge in [-0.15, -0.1) is 0 Å². The highest BCUT2D eigenvalue weighted by atomic mass is 15.1. The molecule has 42 heavy (non-hydrogen) atoms. The van der Waals surface area contributed by atoms with Crippen molar-refractivity contribution in [1.82, 2.24) is 4.98 Å². The minimum atomic E-state index is 1.04. The smallest absolute Gasteiger partial charge is 0.0714 e. The minimum Gasteiger partial charge on any atom is -0.372 e. The van der Waals surface area contributed by atoms with Gasteiger partial charge in [-0.25, -0.2) is 0 Å². The van der Waals surface area contributed by atoms with Crippen LogP contribution < -0.4 is 9.80 Å². The number of aromatic nitrogens is 1. The quantitative estimate of drug-likeness (QED) is 0.205. The van der Waals surface area contributed by atoms with Gasteiger partial charge in [-0.3, -0.25) is 4.98 Å². The van der Waals surface area contributed by atoms with E-state index in [1.807, 2.05) is 12.3 Å². The highest BCUT2D eigenvalue weighted by Gasteiger charge is 2.21. The van der Waals surface area contributed by atoms with E-state index in [2.05, 4.69) is 101 Å². The monoisotopic (exact) mass is 547 g/mol. The number of fused-ring (bicyclic) bond motifs is 3. The van der Waals surface area contributed by atoms with Crippen LogP contribution in [0.4, 0.5) is 11.4 Å². The van der Waals surface area contributed by atoms with Crippen LogP contribution in [0.5, 0.6) is 0 Å². The zero-order valence-corrected chi connectivity index (χ0v) is 24.2. The maximum Gasteiger partial charge on any atom is 0.0714 e. The molecular formula is C39H37N3. The Morgan fingerprint density at radius 2 is 1.05 bits per heavy atom. The van der Waals surface area contributed by atoms with Crippen molar-refractivity contribution in [3.8, 4) is 22.4 Å². The summed E-state index contributed by atoms with van der Waals surface area (Å²) in [5.74, 6) is 0. The molecule has 0 amide bonds. The second-order valence-corrected chi connectivity index (χ2v) is 12.1. The van der Waals surface area contributed by atoms with Gasteiger partial charge in [0.1, 0.15) is 0 Å². The number of nitrogens with zero attached hydrogens (tertiary/aromatic N) is 3. The molecule has 2 aliphatic rings. The van der Waals surface area contributed by atoms with Crippen molar-refractivity contribution >= 4 is 43.7 Å². The van der Waals surface area contributed by atoms with Crippen LogP contribution in [0.25, 0.3) is 54.7 Å². The molecule has 0 spiro atoms. The van der Waals surface area contributed by atoms with E-state index in [-0.39, 0.29) is 0 Å². The van der Waals surface area contributed by atoms with Crippen LogP contribution in [-0.4, -0.2) is 31.2 Å². The highest BCUT2D eigenvalue weighted by molar-refractivity contribution is 6.22. The van der Waals surface area contributed by atoms with Crippen molar-refractivity contribution in [2.24, 2.45) is 0 Å². The molecule has 8 rings (SSSR count). The van der Waals surface area contributed by atoms with Gasteiger partial charge in [0.15, 0.2) is 0 Å². The first-order valence-corrected chi connectivity index (χ1v) is 15.8. The summed E-state index contributed by atoms with van der Waals surface area (Å²) in [7, 11) is 0. The van der Waals surface area contributed by atoms with Crippen LogP contribution >= 0.6 is 0 Å².